The molecular formula is C82H190O2. The molecule has 2 nitrogen and oxygen atoms in total. The monoisotopic (exact) mass is 1210 g/mol. The summed E-state index contributed by atoms with van der Waals surface area (Å²) in [6.45, 7) is 61.7. The first-order valence-electron chi connectivity index (χ1n) is 39.8. The van der Waals surface area contributed by atoms with E-state index in [1.165, 1.54) is 341 Å². The lowest BCUT2D eigenvalue weighted by Crippen LogP contribution is -1.95. The third-order valence-corrected chi connectivity index (χ3v) is 12.8. The maximum absolute atomic E-state index is 9.82. The highest BCUT2D eigenvalue weighted by Gasteiger charge is 1.83. The Morgan fingerprint density at radius 2 is 0.214 bits per heavy atom. The molecule has 2 heteroatoms. The smallest absolute Gasteiger partial charge is 0.302 e. The van der Waals surface area contributed by atoms with Gasteiger partial charge in [0.2, 0.25) is 0 Å². The van der Waals surface area contributed by atoms with Gasteiger partial charge in [0.1, 0.15) is 0 Å². The van der Waals surface area contributed by atoms with Crippen molar-refractivity contribution in [2.75, 3.05) is 6.61 Å². The van der Waals surface area contributed by atoms with Gasteiger partial charge in [-0.1, -0.05) is 514 Å². The molecule has 0 N–H and O–H groups in total. The van der Waals surface area contributed by atoms with E-state index in [-0.39, 0.29) is 5.97 Å². The third kappa shape index (κ3) is 307. The number of carbonyl (C=O) groups excluding carboxylic acids is 1. The molecule has 0 radical (unpaired) electrons. The van der Waals surface area contributed by atoms with Crippen molar-refractivity contribution in [3.05, 3.63) is 0 Å². The Hall–Kier alpha value is -0.530. The number of rotatable bonds is 40. The van der Waals surface area contributed by atoms with Gasteiger partial charge in [0.05, 0.1) is 6.61 Å². The number of unbranched alkanes of at least 4 members (excludes halogenated alkanes) is 39. The first-order valence-corrected chi connectivity index (χ1v) is 39.8. The summed E-state index contributed by atoms with van der Waals surface area (Å²) in [5.74, 6) is -0.211. The van der Waals surface area contributed by atoms with Crippen LogP contribution in [-0.2, 0) is 9.53 Å². The average molecular weight is 1210 g/mol. The van der Waals surface area contributed by atoms with E-state index in [1.807, 2.05) is 0 Å². The number of esters is 1. The highest BCUT2D eigenvalue weighted by atomic mass is 16.5. The molecular weight excluding hydrogens is 1020 g/mol. The van der Waals surface area contributed by atoms with Gasteiger partial charge in [-0.3, -0.25) is 4.79 Å². The van der Waals surface area contributed by atoms with Gasteiger partial charge in [0.25, 0.3) is 0 Å². The highest BCUT2D eigenvalue weighted by molar-refractivity contribution is 5.65. The topological polar surface area (TPSA) is 26.3 Å². The molecule has 0 saturated heterocycles. The van der Waals surface area contributed by atoms with Crippen molar-refractivity contribution in [3.63, 3.8) is 0 Å². The molecule has 0 aliphatic heterocycles. The minimum Gasteiger partial charge on any atom is -0.466 e. The Morgan fingerprint density at radius 1 is 0.155 bits per heavy atom. The van der Waals surface area contributed by atoms with Crippen LogP contribution < -0.4 is 0 Å². The summed E-state index contributed by atoms with van der Waals surface area (Å²) in [6, 6.07) is 0. The van der Waals surface area contributed by atoms with Crippen LogP contribution in [0.15, 0.2) is 0 Å². The summed E-state index contributed by atoms with van der Waals surface area (Å²) >= 11 is 0. The van der Waals surface area contributed by atoms with Gasteiger partial charge in [0.15, 0.2) is 0 Å². The summed E-state index contributed by atoms with van der Waals surface area (Å²) in [5.41, 5.74) is 0. The van der Waals surface area contributed by atoms with Crippen LogP contribution in [0, 0.1) is 0 Å². The normalized spacial score (nSPS) is 8.90. The Balaban J connectivity index is -0.0000000524. The van der Waals surface area contributed by atoms with Crippen LogP contribution in [0.4, 0.5) is 0 Å². The van der Waals surface area contributed by atoms with Crippen LogP contribution in [0.2, 0.25) is 0 Å². The van der Waals surface area contributed by atoms with Crippen molar-refractivity contribution in [3.8, 4) is 0 Å². The van der Waals surface area contributed by atoms with Crippen LogP contribution in [0.3, 0.4) is 0 Å². The van der Waals surface area contributed by atoms with E-state index in [0.717, 1.165) is 0 Å². The largest absolute Gasteiger partial charge is 0.466 e. The predicted octanol–water partition coefficient (Wildman–Crippen LogP) is 34.2. The molecule has 0 unspecified atom stereocenters. The van der Waals surface area contributed by atoms with Gasteiger partial charge >= 0.3 is 5.97 Å². The van der Waals surface area contributed by atoms with E-state index >= 15 is 0 Å². The van der Waals surface area contributed by atoms with Crippen molar-refractivity contribution in [1.82, 2.24) is 0 Å². The molecule has 0 aliphatic carbocycles. The highest BCUT2D eigenvalue weighted by Crippen LogP contribution is 2.02. The lowest BCUT2D eigenvalue weighted by molar-refractivity contribution is -0.140. The second-order valence-corrected chi connectivity index (χ2v) is 23.1. The molecule has 0 heterocycles. The number of hydrogen-bond acceptors (Lipinski definition) is 2. The second kappa shape index (κ2) is 172. The van der Waals surface area contributed by atoms with E-state index in [0.29, 0.717) is 6.61 Å². The molecule has 0 aromatic heterocycles. The Labute approximate surface area is 547 Å². The molecule has 0 saturated carbocycles. The molecule has 0 atom stereocenters. The van der Waals surface area contributed by atoms with Crippen molar-refractivity contribution >= 4 is 5.97 Å². The lowest BCUT2D eigenvalue weighted by atomic mass is 10.2. The first-order chi connectivity index (χ1) is 40.7. The average Bonchev–Trinajstić information content (AvgIpc) is 3.51. The standard InChI is InChI=1S/13C6H14.C4H8O2/c13*1-3-5-6-4-2;1-3-6-4(2)5/h13*3-6H2,1-2H3;3H2,1-2H3. The summed E-state index contributed by atoms with van der Waals surface area (Å²) in [6.07, 6.45) is 72.0. The zero-order chi connectivity index (χ0) is 67.8. The van der Waals surface area contributed by atoms with Crippen LogP contribution in [-0.4, -0.2) is 12.6 Å². The van der Waals surface area contributed by atoms with Crippen LogP contribution >= 0.6 is 0 Å². The third-order valence-electron chi connectivity index (χ3n) is 12.8. The van der Waals surface area contributed by atoms with Crippen molar-refractivity contribution in [2.24, 2.45) is 0 Å². The van der Waals surface area contributed by atoms with E-state index in [9.17, 15) is 4.79 Å². The lowest BCUT2D eigenvalue weighted by Gasteiger charge is -1.89. The van der Waals surface area contributed by atoms with Gasteiger partial charge in [-0.2, -0.15) is 0 Å². The molecule has 530 valence electrons. The fourth-order valence-corrected chi connectivity index (χ4v) is 6.70. The first kappa shape index (κ1) is 118. The number of hydrogen-bond donors (Lipinski definition) is 0. The minimum absolute atomic E-state index is 0.211. The second-order valence-electron chi connectivity index (χ2n) is 23.1. The SMILES string of the molecule is CCCCCC.CCCCCC.CCCCCC.CCCCCC.CCCCCC.CCCCCC.CCCCCC.CCCCCC.CCCCCC.CCCCCC.CCCCCC.CCCCCC.CCCCCC.CCOC(C)=O. The summed E-state index contributed by atoms with van der Waals surface area (Å²) < 4.78 is 4.40. The Bertz CT molecular complexity index is 474. The minimum atomic E-state index is -0.211. The molecule has 84 heavy (non-hydrogen) atoms. The molecule has 0 fully saturated rings. The maximum atomic E-state index is 9.82. The fourth-order valence-electron chi connectivity index (χ4n) is 6.70. The summed E-state index contributed by atoms with van der Waals surface area (Å²) in [4.78, 5) is 9.82. The molecule has 0 spiro atoms. The van der Waals surface area contributed by atoms with Crippen LogP contribution in [0.5, 0.6) is 0 Å². The van der Waals surface area contributed by atoms with Crippen LogP contribution in [0.1, 0.15) is 528 Å². The van der Waals surface area contributed by atoms with Gasteiger partial charge in [-0.05, 0) is 6.92 Å². The number of carbonyl (C=O) groups is 1. The fraction of sp³-hybridized carbons (Fsp3) is 0.988. The van der Waals surface area contributed by atoms with Gasteiger partial charge in [0, 0.05) is 6.92 Å². The molecule has 0 bridgehead atoms. The van der Waals surface area contributed by atoms with E-state index in [2.05, 4.69) is 185 Å². The van der Waals surface area contributed by atoms with Crippen LogP contribution in [0.25, 0.3) is 0 Å². The summed E-state index contributed by atoms with van der Waals surface area (Å²) in [5, 5.41) is 0. The van der Waals surface area contributed by atoms with Crippen molar-refractivity contribution < 1.29 is 9.53 Å². The maximum Gasteiger partial charge on any atom is 0.302 e. The molecule has 0 amide bonds. The molecule has 0 aromatic rings. The Morgan fingerprint density at radius 3 is 0.226 bits per heavy atom. The van der Waals surface area contributed by atoms with Gasteiger partial charge in [-0.15, -0.1) is 0 Å². The summed E-state index contributed by atoms with van der Waals surface area (Å²) in [7, 11) is 0. The molecule has 0 aliphatic rings. The van der Waals surface area contributed by atoms with Crippen molar-refractivity contribution in [2.45, 2.75) is 528 Å². The van der Waals surface area contributed by atoms with E-state index in [4.69, 9.17) is 0 Å². The molecule has 0 rings (SSSR count). The quantitative estimate of drug-likeness (QED) is 0.0451. The zero-order valence-corrected chi connectivity index (χ0v) is 66.8. The van der Waals surface area contributed by atoms with Gasteiger partial charge < -0.3 is 4.74 Å². The predicted molar refractivity (Wildman–Crippen MR) is 410 cm³/mol. The molecule has 0 aromatic carbocycles. The zero-order valence-electron chi connectivity index (χ0n) is 66.8. The van der Waals surface area contributed by atoms with Gasteiger partial charge in [-0.25, -0.2) is 0 Å². The van der Waals surface area contributed by atoms with Crippen molar-refractivity contribution in [1.29, 1.82) is 0 Å². The van der Waals surface area contributed by atoms with E-state index < -0.39 is 0 Å². The Kier molecular flexibility index (Phi) is 240. The number of ether oxygens (including phenoxy) is 1. The van der Waals surface area contributed by atoms with E-state index in [1.54, 1.807) is 6.92 Å².